The second-order valence-corrected chi connectivity index (χ2v) is 6.55. The van der Waals surface area contributed by atoms with Crippen LogP contribution in [0.4, 0.5) is 0 Å². The fourth-order valence-electron chi connectivity index (χ4n) is 3.13. The Kier molecular flexibility index (Phi) is 4.44. The SMILES string of the molecule is O=C(c1ccccc1)c1nc2ccc(Cl)cc2c(=O)n1N1CCNCC1. The van der Waals surface area contributed by atoms with Crippen molar-refractivity contribution >= 4 is 28.3 Å². The number of fused-ring (bicyclic) bond motifs is 1. The molecular weight excluding hydrogens is 352 g/mol. The van der Waals surface area contributed by atoms with Gasteiger partial charge in [0.1, 0.15) is 0 Å². The number of ketones is 1. The van der Waals surface area contributed by atoms with Crippen LogP contribution in [0.2, 0.25) is 5.02 Å². The summed E-state index contributed by atoms with van der Waals surface area (Å²) in [5.74, 6) is -0.156. The molecule has 7 heteroatoms. The summed E-state index contributed by atoms with van der Waals surface area (Å²) in [7, 11) is 0. The molecule has 6 nitrogen and oxygen atoms in total. The number of benzene rings is 2. The summed E-state index contributed by atoms with van der Waals surface area (Å²) >= 11 is 6.06. The Morgan fingerprint density at radius 2 is 1.81 bits per heavy atom. The highest BCUT2D eigenvalue weighted by molar-refractivity contribution is 6.31. The van der Waals surface area contributed by atoms with Gasteiger partial charge in [-0.25, -0.2) is 4.98 Å². The minimum Gasteiger partial charge on any atom is -0.313 e. The molecule has 0 spiro atoms. The summed E-state index contributed by atoms with van der Waals surface area (Å²) < 4.78 is 1.41. The molecule has 1 saturated heterocycles. The van der Waals surface area contributed by atoms with Crippen molar-refractivity contribution in [2.24, 2.45) is 0 Å². The van der Waals surface area contributed by atoms with Crippen LogP contribution in [0.5, 0.6) is 0 Å². The van der Waals surface area contributed by atoms with Crippen molar-refractivity contribution in [2.45, 2.75) is 0 Å². The van der Waals surface area contributed by atoms with Crippen LogP contribution < -0.4 is 15.9 Å². The first-order valence-electron chi connectivity index (χ1n) is 8.43. The first-order chi connectivity index (χ1) is 12.6. The number of carbonyl (C=O) groups is 1. The molecule has 1 aliphatic rings. The van der Waals surface area contributed by atoms with Crippen LogP contribution in [0.15, 0.2) is 53.3 Å². The lowest BCUT2D eigenvalue weighted by molar-refractivity contribution is 0.102. The Hall–Kier alpha value is -2.70. The Morgan fingerprint density at radius 3 is 2.54 bits per heavy atom. The normalized spacial score (nSPS) is 14.6. The molecule has 0 bridgehead atoms. The average molecular weight is 369 g/mol. The molecule has 0 aliphatic carbocycles. The molecule has 0 amide bonds. The number of nitrogens with zero attached hydrogens (tertiary/aromatic N) is 3. The monoisotopic (exact) mass is 368 g/mol. The Labute approximate surface area is 155 Å². The highest BCUT2D eigenvalue weighted by Gasteiger charge is 2.23. The van der Waals surface area contributed by atoms with E-state index in [0.717, 1.165) is 13.1 Å². The van der Waals surface area contributed by atoms with Gasteiger partial charge in [0.25, 0.3) is 5.56 Å². The second kappa shape index (κ2) is 6.90. The molecule has 26 heavy (non-hydrogen) atoms. The lowest BCUT2D eigenvalue weighted by Gasteiger charge is -2.31. The summed E-state index contributed by atoms with van der Waals surface area (Å²) in [6, 6.07) is 13.8. The first kappa shape index (κ1) is 16.8. The van der Waals surface area contributed by atoms with E-state index in [0.29, 0.717) is 34.6 Å². The number of hydrogen-bond acceptors (Lipinski definition) is 5. The Balaban J connectivity index is 1.96. The van der Waals surface area contributed by atoms with Crippen LogP contribution in [-0.4, -0.2) is 41.6 Å². The van der Waals surface area contributed by atoms with Crippen LogP contribution in [0.3, 0.4) is 0 Å². The second-order valence-electron chi connectivity index (χ2n) is 6.11. The van der Waals surface area contributed by atoms with Crippen molar-refractivity contribution in [3.63, 3.8) is 0 Å². The molecule has 0 unspecified atom stereocenters. The minimum atomic E-state index is -0.280. The number of aromatic nitrogens is 2. The third-order valence-corrected chi connectivity index (χ3v) is 4.66. The van der Waals surface area contributed by atoms with Gasteiger partial charge in [0, 0.05) is 36.8 Å². The lowest BCUT2D eigenvalue weighted by atomic mass is 10.1. The molecule has 1 aromatic heterocycles. The number of nitrogens with one attached hydrogen (secondary N) is 1. The predicted molar refractivity (Wildman–Crippen MR) is 102 cm³/mol. The molecule has 0 atom stereocenters. The standard InChI is InChI=1S/C19H17ClN4O2/c20-14-6-7-16-15(12-14)19(26)24(23-10-8-21-9-11-23)18(22-16)17(25)13-4-2-1-3-5-13/h1-7,12,21H,8-11H2. The van der Waals surface area contributed by atoms with Gasteiger partial charge in [-0.2, -0.15) is 4.68 Å². The topological polar surface area (TPSA) is 67.2 Å². The van der Waals surface area contributed by atoms with Gasteiger partial charge in [0.15, 0.2) is 0 Å². The van der Waals surface area contributed by atoms with Gasteiger partial charge >= 0.3 is 0 Å². The highest BCUT2D eigenvalue weighted by atomic mass is 35.5. The van der Waals surface area contributed by atoms with Crippen LogP contribution >= 0.6 is 11.6 Å². The molecule has 2 heterocycles. The lowest BCUT2D eigenvalue weighted by Crippen LogP contribution is -2.54. The zero-order valence-electron chi connectivity index (χ0n) is 14.0. The summed E-state index contributed by atoms with van der Waals surface area (Å²) in [5.41, 5.74) is 0.681. The van der Waals surface area contributed by atoms with Gasteiger partial charge in [-0.1, -0.05) is 41.9 Å². The smallest absolute Gasteiger partial charge is 0.280 e. The summed E-state index contributed by atoms with van der Waals surface area (Å²) in [5, 5.41) is 5.98. The average Bonchev–Trinajstić information content (AvgIpc) is 2.69. The molecule has 0 saturated carbocycles. The summed E-state index contributed by atoms with van der Waals surface area (Å²) in [6.07, 6.45) is 0. The van der Waals surface area contributed by atoms with E-state index < -0.39 is 0 Å². The maximum Gasteiger partial charge on any atom is 0.280 e. The maximum atomic E-state index is 13.2. The zero-order valence-corrected chi connectivity index (χ0v) is 14.7. The van der Waals surface area contributed by atoms with E-state index in [1.165, 1.54) is 4.68 Å². The van der Waals surface area contributed by atoms with Gasteiger partial charge < -0.3 is 10.3 Å². The molecule has 132 valence electrons. The fourth-order valence-corrected chi connectivity index (χ4v) is 3.30. The van der Waals surface area contributed by atoms with Crippen molar-refractivity contribution in [1.29, 1.82) is 0 Å². The van der Waals surface area contributed by atoms with Gasteiger partial charge in [-0.3, -0.25) is 9.59 Å². The van der Waals surface area contributed by atoms with E-state index in [9.17, 15) is 9.59 Å². The number of piperazine rings is 1. The third kappa shape index (κ3) is 2.98. The van der Waals surface area contributed by atoms with E-state index in [1.807, 2.05) is 11.1 Å². The molecule has 1 N–H and O–H groups in total. The quantitative estimate of drug-likeness (QED) is 0.714. The molecule has 1 fully saturated rings. The van der Waals surface area contributed by atoms with E-state index in [2.05, 4.69) is 10.3 Å². The number of carbonyl (C=O) groups excluding carboxylic acids is 1. The molecule has 2 aromatic carbocycles. The minimum absolute atomic E-state index is 0.123. The van der Waals surface area contributed by atoms with Crippen molar-refractivity contribution in [2.75, 3.05) is 31.2 Å². The number of halogens is 1. The number of hydrogen-bond donors (Lipinski definition) is 1. The third-order valence-electron chi connectivity index (χ3n) is 4.42. The van der Waals surface area contributed by atoms with Crippen LogP contribution in [0.1, 0.15) is 16.2 Å². The van der Waals surface area contributed by atoms with Gasteiger partial charge in [-0.05, 0) is 18.2 Å². The summed E-state index contributed by atoms with van der Waals surface area (Å²) in [6.45, 7) is 2.70. The highest BCUT2D eigenvalue weighted by Crippen LogP contribution is 2.17. The Bertz CT molecular complexity index is 1030. The van der Waals surface area contributed by atoms with E-state index in [-0.39, 0.29) is 17.2 Å². The summed E-state index contributed by atoms with van der Waals surface area (Å²) in [4.78, 5) is 30.8. The van der Waals surface area contributed by atoms with Crippen molar-refractivity contribution in [3.8, 4) is 0 Å². The van der Waals surface area contributed by atoms with Crippen LogP contribution in [0, 0.1) is 0 Å². The van der Waals surface area contributed by atoms with E-state index in [1.54, 1.807) is 42.5 Å². The van der Waals surface area contributed by atoms with E-state index >= 15 is 0 Å². The largest absolute Gasteiger partial charge is 0.313 e. The van der Waals surface area contributed by atoms with Gasteiger partial charge in [-0.15, -0.1) is 0 Å². The van der Waals surface area contributed by atoms with Gasteiger partial charge in [0.05, 0.1) is 10.9 Å². The maximum absolute atomic E-state index is 13.2. The number of rotatable bonds is 3. The first-order valence-corrected chi connectivity index (χ1v) is 8.81. The van der Waals surface area contributed by atoms with E-state index in [4.69, 9.17) is 11.6 Å². The van der Waals surface area contributed by atoms with Crippen molar-refractivity contribution in [3.05, 3.63) is 75.3 Å². The predicted octanol–water partition coefficient (Wildman–Crippen LogP) is 1.82. The molecular formula is C19H17ClN4O2. The van der Waals surface area contributed by atoms with Crippen molar-refractivity contribution < 1.29 is 4.79 Å². The van der Waals surface area contributed by atoms with Gasteiger partial charge in [0.2, 0.25) is 11.6 Å². The van der Waals surface area contributed by atoms with Crippen LogP contribution in [-0.2, 0) is 0 Å². The van der Waals surface area contributed by atoms with Crippen LogP contribution in [0.25, 0.3) is 10.9 Å². The van der Waals surface area contributed by atoms with Crippen molar-refractivity contribution in [1.82, 2.24) is 15.0 Å². The fraction of sp³-hybridized carbons (Fsp3) is 0.211. The molecule has 4 rings (SSSR count). The Morgan fingerprint density at radius 1 is 1.08 bits per heavy atom. The molecule has 0 radical (unpaired) electrons. The molecule has 1 aliphatic heterocycles. The molecule has 3 aromatic rings. The zero-order chi connectivity index (χ0) is 18.1.